The average molecular weight is 255 g/mol. The molecule has 2 aromatic rings. The molecule has 1 unspecified atom stereocenters. The van der Waals surface area contributed by atoms with Crippen molar-refractivity contribution >= 4 is 10.9 Å². The van der Waals surface area contributed by atoms with E-state index in [1.807, 2.05) is 10.6 Å². The zero-order chi connectivity index (χ0) is 12.9. The molecule has 1 N–H and O–H groups in total. The van der Waals surface area contributed by atoms with Gasteiger partial charge in [0.2, 0.25) is 0 Å². The van der Waals surface area contributed by atoms with Crippen LogP contribution in [-0.2, 0) is 19.1 Å². The van der Waals surface area contributed by atoms with Gasteiger partial charge in [0, 0.05) is 24.2 Å². The minimum atomic E-state index is -4.31. The van der Waals surface area contributed by atoms with Gasteiger partial charge in [-0.05, 0) is 30.0 Å². The van der Waals surface area contributed by atoms with E-state index in [1.165, 1.54) is 12.1 Å². The zero-order valence-corrected chi connectivity index (χ0v) is 9.54. The summed E-state index contributed by atoms with van der Waals surface area (Å²) in [4.78, 5) is 0. The SMILES string of the molecule is OC1CCn2c(cc3ccc(C(F)(F)F)cc32)C1. The van der Waals surface area contributed by atoms with Crippen LogP contribution in [0.3, 0.4) is 0 Å². The lowest BCUT2D eigenvalue weighted by Gasteiger charge is -2.20. The molecule has 0 bridgehead atoms. The summed E-state index contributed by atoms with van der Waals surface area (Å²) >= 11 is 0. The van der Waals surface area contributed by atoms with Crippen molar-refractivity contribution in [1.29, 1.82) is 0 Å². The summed E-state index contributed by atoms with van der Waals surface area (Å²) < 4.78 is 39.9. The Morgan fingerprint density at radius 2 is 2.00 bits per heavy atom. The molecule has 1 aliphatic rings. The molecule has 0 spiro atoms. The molecule has 0 amide bonds. The van der Waals surface area contributed by atoms with Gasteiger partial charge in [0.1, 0.15) is 0 Å². The number of rotatable bonds is 0. The van der Waals surface area contributed by atoms with Crippen LogP contribution in [0.4, 0.5) is 13.2 Å². The van der Waals surface area contributed by atoms with Crippen LogP contribution in [0, 0.1) is 0 Å². The fourth-order valence-corrected chi connectivity index (χ4v) is 2.54. The minimum Gasteiger partial charge on any atom is -0.393 e. The molecule has 0 aliphatic carbocycles. The second-order valence-electron chi connectivity index (χ2n) is 4.71. The molecule has 0 saturated heterocycles. The Bertz CT molecular complexity index is 600. The van der Waals surface area contributed by atoms with Crippen molar-refractivity contribution in [3.8, 4) is 0 Å². The van der Waals surface area contributed by atoms with Gasteiger partial charge in [0.15, 0.2) is 0 Å². The van der Waals surface area contributed by atoms with E-state index in [0.717, 1.165) is 17.1 Å². The predicted molar refractivity (Wildman–Crippen MR) is 61.3 cm³/mol. The molecule has 1 aromatic carbocycles. The van der Waals surface area contributed by atoms with E-state index in [4.69, 9.17) is 0 Å². The number of aryl methyl sites for hydroxylation is 1. The van der Waals surface area contributed by atoms with E-state index in [-0.39, 0.29) is 6.10 Å². The van der Waals surface area contributed by atoms with Gasteiger partial charge in [0.05, 0.1) is 11.7 Å². The van der Waals surface area contributed by atoms with Gasteiger partial charge in [-0.15, -0.1) is 0 Å². The Balaban J connectivity index is 2.17. The third kappa shape index (κ3) is 1.79. The molecule has 5 heteroatoms. The van der Waals surface area contributed by atoms with Crippen LogP contribution in [0.25, 0.3) is 10.9 Å². The number of alkyl halides is 3. The fraction of sp³-hybridized carbons (Fsp3) is 0.385. The molecule has 2 nitrogen and oxygen atoms in total. The highest BCUT2D eigenvalue weighted by Gasteiger charge is 2.31. The molecule has 3 rings (SSSR count). The van der Waals surface area contributed by atoms with Crippen LogP contribution >= 0.6 is 0 Å². The molecule has 96 valence electrons. The topological polar surface area (TPSA) is 25.2 Å². The standard InChI is InChI=1S/C13H12F3NO/c14-13(15,16)9-2-1-8-5-10-7-11(18)3-4-17(10)12(8)6-9/h1-2,5-6,11,18H,3-4,7H2. The van der Waals surface area contributed by atoms with Crippen molar-refractivity contribution < 1.29 is 18.3 Å². The van der Waals surface area contributed by atoms with Crippen LogP contribution in [0.5, 0.6) is 0 Å². The number of aliphatic hydroxyl groups is 1. The lowest BCUT2D eigenvalue weighted by atomic mass is 10.1. The first-order chi connectivity index (χ1) is 8.45. The number of fused-ring (bicyclic) bond motifs is 3. The van der Waals surface area contributed by atoms with Gasteiger partial charge in [-0.3, -0.25) is 0 Å². The van der Waals surface area contributed by atoms with E-state index in [0.29, 0.717) is 24.9 Å². The van der Waals surface area contributed by atoms with Crippen LogP contribution in [0.1, 0.15) is 17.7 Å². The van der Waals surface area contributed by atoms with Crippen molar-refractivity contribution in [2.45, 2.75) is 31.7 Å². The second kappa shape index (κ2) is 3.75. The smallest absolute Gasteiger partial charge is 0.393 e. The van der Waals surface area contributed by atoms with Gasteiger partial charge in [0.25, 0.3) is 0 Å². The first-order valence-corrected chi connectivity index (χ1v) is 5.82. The highest BCUT2D eigenvalue weighted by atomic mass is 19.4. The zero-order valence-electron chi connectivity index (χ0n) is 9.54. The summed E-state index contributed by atoms with van der Waals surface area (Å²) in [6.45, 7) is 0.571. The molecule has 1 aromatic heterocycles. The number of nitrogens with zero attached hydrogens (tertiary/aromatic N) is 1. The molecular formula is C13H12F3NO. The first kappa shape index (κ1) is 11.6. The van der Waals surface area contributed by atoms with Gasteiger partial charge in [-0.25, -0.2) is 0 Å². The van der Waals surface area contributed by atoms with E-state index in [2.05, 4.69) is 0 Å². The van der Waals surface area contributed by atoms with E-state index in [9.17, 15) is 18.3 Å². The second-order valence-corrected chi connectivity index (χ2v) is 4.71. The maximum Gasteiger partial charge on any atom is 0.416 e. The predicted octanol–water partition coefficient (Wildman–Crippen LogP) is 2.97. The Morgan fingerprint density at radius 3 is 2.72 bits per heavy atom. The summed E-state index contributed by atoms with van der Waals surface area (Å²) in [5, 5.41) is 10.4. The van der Waals surface area contributed by atoms with Gasteiger partial charge < -0.3 is 9.67 Å². The molecular weight excluding hydrogens is 243 g/mol. The largest absolute Gasteiger partial charge is 0.416 e. The summed E-state index contributed by atoms with van der Waals surface area (Å²) in [7, 11) is 0. The summed E-state index contributed by atoms with van der Waals surface area (Å²) in [5.41, 5.74) is 0.886. The molecule has 0 saturated carbocycles. The fourth-order valence-electron chi connectivity index (χ4n) is 2.54. The minimum absolute atomic E-state index is 0.385. The summed E-state index contributed by atoms with van der Waals surface area (Å²) in [6.07, 6.45) is -3.60. The van der Waals surface area contributed by atoms with Gasteiger partial charge in [-0.2, -0.15) is 13.2 Å². The third-order valence-corrected chi connectivity index (χ3v) is 3.45. The van der Waals surface area contributed by atoms with Crippen LogP contribution in [0.2, 0.25) is 0 Å². The lowest BCUT2D eigenvalue weighted by Crippen LogP contribution is -2.22. The van der Waals surface area contributed by atoms with E-state index >= 15 is 0 Å². The number of hydrogen-bond acceptors (Lipinski definition) is 1. The maximum atomic E-state index is 12.7. The van der Waals surface area contributed by atoms with Crippen LogP contribution < -0.4 is 0 Å². The summed E-state index contributed by atoms with van der Waals surface area (Å²) in [5.74, 6) is 0. The van der Waals surface area contributed by atoms with E-state index in [1.54, 1.807) is 0 Å². The molecule has 1 atom stereocenters. The Hall–Kier alpha value is -1.49. The van der Waals surface area contributed by atoms with Gasteiger partial charge in [-0.1, -0.05) is 6.07 Å². The number of aromatic nitrogens is 1. The van der Waals surface area contributed by atoms with Crippen molar-refractivity contribution in [2.75, 3.05) is 0 Å². The normalized spacial score (nSPS) is 20.1. The van der Waals surface area contributed by atoms with E-state index < -0.39 is 11.7 Å². The van der Waals surface area contributed by atoms with Crippen molar-refractivity contribution in [3.05, 3.63) is 35.5 Å². The number of aliphatic hydroxyl groups excluding tert-OH is 1. The Morgan fingerprint density at radius 1 is 1.22 bits per heavy atom. The highest BCUT2D eigenvalue weighted by Crippen LogP contribution is 2.33. The van der Waals surface area contributed by atoms with Crippen molar-refractivity contribution in [3.63, 3.8) is 0 Å². The van der Waals surface area contributed by atoms with Crippen molar-refractivity contribution in [2.24, 2.45) is 0 Å². The maximum absolute atomic E-state index is 12.7. The first-order valence-electron chi connectivity index (χ1n) is 5.82. The van der Waals surface area contributed by atoms with Crippen LogP contribution in [-0.4, -0.2) is 15.8 Å². The molecule has 1 aliphatic heterocycles. The van der Waals surface area contributed by atoms with Gasteiger partial charge >= 0.3 is 6.18 Å². The molecule has 2 heterocycles. The Kier molecular flexibility index (Phi) is 2.41. The molecule has 0 radical (unpaired) electrons. The quantitative estimate of drug-likeness (QED) is 0.769. The molecule has 18 heavy (non-hydrogen) atoms. The third-order valence-electron chi connectivity index (χ3n) is 3.45. The average Bonchev–Trinajstić information content (AvgIpc) is 2.63. The van der Waals surface area contributed by atoms with Crippen molar-refractivity contribution in [1.82, 2.24) is 4.57 Å². The number of halogens is 3. The number of benzene rings is 1. The lowest BCUT2D eigenvalue weighted by molar-refractivity contribution is -0.137. The highest BCUT2D eigenvalue weighted by molar-refractivity contribution is 5.82. The molecule has 0 fully saturated rings. The number of hydrogen-bond donors (Lipinski definition) is 1. The monoisotopic (exact) mass is 255 g/mol. The summed E-state index contributed by atoms with van der Waals surface area (Å²) in [6, 6.07) is 5.65. The van der Waals surface area contributed by atoms with Crippen LogP contribution in [0.15, 0.2) is 24.3 Å². The Labute approximate surface area is 102 Å².